The zero-order chi connectivity index (χ0) is 22.4. The summed E-state index contributed by atoms with van der Waals surface area (Å²) < 4.78 is 7.13. The number of hydrogen-bond donors (Lipinski definition) is 3. The zero-order valence-electron chi connectivity index (χ0n) is 18.2. The Labute approximate surface area is 181 Å². The van der Waals surface area contributed by atoms with Gasteiger partial charge in [-0.2, -0.15) is 4.98 Å². The van der Waals surface area contributed by atoms with Crippen molar-refractivity contribution in [2.45, 2.75) is 76.9 Å². The van der Waals surface area contributed by atoms with Crippen molar-refractivity contribution in [2.24, 2.45) is 5.92 Å². The number of H-pyrrole nitrogens is 1. The first-order valence-corrected chi connectivity index (χ1v) is 11.2. The van der Waals surface area contributed by atoms with E-state index in [0.717, 1.165) is 24.8 Å². The van der Waals surface area contributed by atoms with Gasteiger partial charge in [0.1, 0.15) is 6.61 Å². The molecule has 31 heavy (non-hydrogen) atoms. The number of aromatic amines is 1. The molecule has 3 rings (SSSR count). The van der Waals surface area contributed by atoms with E-state index in [4.69, 9.17) is 10.5 Å². The molecule has 0 unspecified atom stereocenters. The predicted molar refractivity (Wildman–Crippen MR) is 118 cm³/mol. The molecule has 170 valence electrons. The summed E-state index contributed by atoms with van der Waals surface area (Å²) in [6, 6.07) is -0.305. The minimum atomic E-state index is -0.708. The lowest BCUT2D eigenvalue weighted by atomic mass is 10.0. The van der Waals surface area contributed by atoms with E-state index in [-0.39, 0.29) is 36.0 Å². The number of ether oxygens (including phenoxy) is 1. The highest BCUT2D eigenvalue weighted by atomic mass is 16.5. The Balaban J connectivity index is 1.51. The van der Waals surface area contributed by atoms with Gasteiger partial charge < -0.3 is 20.1 Å². The lowest BCUT2D eigenvalue weighted by Crippen LogP contribution is -2.22. The van der Waals surface area contributed by atoms with Crippen LogP contribution < -0.4 is 11.3 Å². The van der Waals surface area contributed by atoms with Gasteiger partial charge in [0.15, 0.2) is 11.2 Å². The number of hydrogen-bond acceptors (Lipinski definition) is 7. The van der Waals surface area contributed by atoms with Crippen LogP contribution in [0.25, 0.3) is 11.2 Å². The van der Waals surface area contributed by atoms with E-state index in [9.17, 15) is 14.7 Å². The first-order valence-electron chi connectivity index (χ1n) is 11.2. The van der Waals surface area contributed by atoms with E-state index in [0.29, 0.717) is 18.5 Å². The number of imidazole rings is 1. The van der Waals surface area contributed by atoms with Gasteiger partial charge in [0.2, 0.25) is 5.95 Å². The molecule has 0 aliphatic heterocycles. The molecule has 9 nitrogen and oxygen atoms in total. The molecular formula is C22H33N5O4. The molecule has 4 N–H and O–H groups in total. The second kappa shape index (κ2) is 10.6. The van der Waals surface area contributed by atoms with Gasteiger partial charge in [-0.1, -0.05) is 52.0 Å². The fourth-order valence-electron chi connectivity index (χ4n) is 4.20. The van der Waals surface area contributed by atoms with Crippen LogP contribution in [0.1, 0.15) is 70.8 Å². The average molecular weight is 432 g/mol. The Morgan fingerprint density at radius 1 is 1.32 bits per heavy atom. The number of nitrogen functional groups attached to an aromatic ring is 1. The van der Waals surface area contributed by atoms with Crippen LogP contribution in [0.3, 0.4) is 0 Å². The number of aliphatic hydroxyl groups is 1. The average Bonchev–Trinajstić information content (AvgIpc) is 3.26. The number of nitrogens with two attached hydrogens (primary N) is 1. The van der Waals surface area contributed by atoms with Crippen molar-refractivity contribution in [2.75, 3.05) is 12.3 Å². The standard InChI is InChI=1S/C22H33N5O4/c1-3-4-5-6-7-8-9-10-18(29)31-12-15-14(2)16(11-17(15)28)27-13-24-19-20(27)25-22(23)26-21(19)30/h13,15-17,28H,2-12H2,1H3,(H3,23,25,26,30)/t15-,16-,17-/m0/s1. The summed E-state index contributed by atoms with van der Waals surface area (Å²) in [6.07, 6.45) is 9.53. The number of aromatic nitrogens is 4. The van der Waals surface area contributed by atoms with E-state index in [1.165, 1.54) is 32.0 Å². The molecule has 1 fully saturated rings. The first-order chi connectivity index (χ1) is 14.9. The molecule has 0 radical (unpaired) electrons. The summed E-state index contributed by atoms with van der Waals surface area (Å²) in [4.78, 5) is 34.8. The van der Waals surface area contributed by atoms with E-state index in [1.807, 2.05) is 0 Å². The SMILES string of the molecule is C=C1[C@H](COC(=O)CCCCCCCCC)[C@@H](O)C[C@@H]1n1cnc2c(=O)[nH]c(N)nc21. The number of nitrogens with one attached hydrogen (secondary N) is 1. The van der Waals surface area contributed by atoms with Crippen LogP contribution >= 0.6 is 0 Å². The quantitative estimate of drug-likeness (QED) is 0.283. The molecule has 2 aromatic rings. The van der Waals surface area contributed by atoms with E-state index in [2.05, 4.69) is 28.5 Å². The Hall–Kier alpha value is -2.68. The normalized spacial score (nSPS) is 21.1. The summed E-state index contributed by atoms with van der Waals surface area (Å²) in [5, 5.41) is 10.5. The van der Waals surface area contributed by atoms with Gasteiger partial charge >= 0.3 is 5.97 Å². The third kappa shape index (κ3) is 5.52. The summed E-state index contributed by atoms with van der Waals surface area (Å²) in [7, 11) is 0. The molecule has 1 aliphatic carbocycles. The second-order valence-corrected chi connectivity index (χ2v) is 8.33. The minimum absolute atomic E-state index is 0.000693. The molecule has 1 saturated carbocycles. The van der Waals surface area contributed by atoms with Crippen molar-refractivity contribution in [3.63, 3.8) is 0 Å². The van der Waals surface area contributed by atoms with Crippen molar-refractivity contribution in [1.82, 2.24) is 19.5 Å². The maximum absolute atomic E-state index is 12.1. The van der Waals surface area contributed by atoms with Gasteiger partial charge in [-0.05, 0) is 18.4 Å². The number of rotatable bonds is 11. The fourth-order valence-corrected chi connectivity index (χ4v) is 4.20. The van der Waals surface area contributed by atoms with Gasteiger partial charge in [0.25, 0.3) is 5.56 Å². The number of aliphatic hydroxyl groups excluding tert-OH is 1. The Morgan fingerprint density at radius 2 is 2.03 bits per heavy atom. The molecule has 3 atom stereocenters. The van der Waals surface area contributed by atoms with Crippen molar-refractivity contribution >= 4 is 23.1 Å². The highest BCUT2D eigenvalue weighted by Crippen LogP contribution is 2.40. The summed E-state index contributed by atoms with van der Waals surface area (Å²) in [6.45, 7) is 6.41. The van der Waals surface area contributed by atoms with E-state index < -0.39 is 11.7 Å². The topological polar surface area (TPSA) is 136 Å². The lowest BCUT2D eigenvalue weighted by molar-refractivity contribution is -0.145. The van der Waals surface area contributed by atoms with Crippen molar-refractivity contribution in [3.05, 3.63) is 28.8 Å². The lowest BCUT2D eigenvalue weighted by Gasteiger charge is -2.17. The van der Waals surface area contributed by atoms with Crippen LogP contribution in [0.15, 0.2) is 23.3 Å². The fraction of sp³-hybridized carbons (Fsp3) is 0.636. The van der Waals surface area contributed by atoms with Crippen LogP contribution in [0, 0.1) is 5.92 Å². The maximum atomic E-state index is 12.1. The molecular weight excluding hydrogens is 398 g/mol. The van der Waals surface area contributed by atoms with Gasteiger partial charge in [0, 0.05) is 12.3 Å². The van der Waals surface area contributed by atoms with Crippen molar-refractivity contribution in [1.29, 1.82) is 0 Å². The highest BCUT2D eigenvalue weighted by molar-refractivity contribution is 5.71. The van der Waals surface area contributed by atoms with Crippen LogP contribution in [0.4, 0.5) is 5.95 Å². The molecule has 2 aromatic heterocycles. The number of carbonyl (C=O) groups is 1. The smallest absolute Gasteiger partial charge is 0.305 e. The largest absolute Gasteiger partial charge is 0.465 e. The number of unbranched alkanes of at least 4 members (excludes halogenated alkanes) is 6. The summed E-state index contributed by atoms with van der Waals surface area (Å²) in [5.74, 6) is -0.620. The Morgan fingerprint density at radius 3 is 2.77 bits per heavy atom. The highest BCUT2D eigenvalue weighted by Gasteiger charge is 2.39. The van der Waals surface area contributed by atoms with Crippen LogP contribution in [-0.4, -0.2) is 43.3 Å². The molecule has 0 bridgehead atoms. The van der Waals surface area contributed by atoms with Gasteiger partial charge in [-0.15, -0.1) is 0 Å². The molecule has 0 amide bonds. The third-order valence-electron chi connectivity index (χ3n) is 6.03. The number of nitrogens with zero attached hydrogens (tertiary/aromatic N) is 3. The number of carbonyl (C=O) groups excluding carboxylic acids is 1. The Kier molecular flexibility index (Phi) is 7.84. The second-order valence-electron chi connectivity index (χ2n) is 8.33. The number of fused-ring (bicyclic) bond motifs is 1. The molecule has 0 saturated heterocycles. The molecule has 9 heteroatoms. The van der Waals surface area contributed by atoms with Crippen LogP contribution in [0.2, 0.25) is 0 Å². The zero-order valence-corrected chi connectivity index (χ0v) is 18.2. The Bertz CT molecular complexity index is 966. The maximum Gasteiger partial charge on any atom is 0.305 e. The predicted octanol–water partition coefficient (Wildman–Crippen LogP) is 2.86. The number of esters is 1. The van der Waals surface area contributed by atoms with Gasteiger partial charge in [0.05, 0.1) is 18.5 Å². The number of anilines is 1. The van der Waals surface area contributed by atoms with Crippen LogP contribution in [-0.2, 0) is 9.53 Å². The monoisotopic (exact) mass is 431 g/mol. The molecule has 0 aromatic carbocycles. The van der Waals surface area contributed by atoms with E-state index >= 15 is 0 Å². The van der Waals surface area contributed by atoms with Crippen LogP contribution in [0.5, 0.6) is 0 Å². The van der Waals surface area contributed by atoms with Gasteiger partial charge in [-0.25, -0.2) is 4.98 Å². The first kappa shape index (κ1) is 23.0. The van der Waals surface area contributed by atoms with E-state index in [1.54, 1.807) is 4.57 Å². The molecule has 1 aliphatic rings. The summed E-state index contributed by atoms with van der Waals surface area (Å²) in [5.41, 5.74) is 6.49. The molecule has 2 heterocycles. The molecule has 0 spiro atoms. The third-order valence-corrected chi connectivity index (χ3v) is 6.03. The van der Waals surface area contributed by atoms with Crippen molar-refractivity contribution in [3.8, 4) is 0 Å². The summed E-state index contributed by atoms with van der Waals surface area (Å²) >= 11 is 0. The van der Waals surface area contributed by atoms with Gasteiger partial charge in [-0.3, -0.25) is 14.6 Å². The minimum Gasteiger partial charge on any atom is -0.465 e. The van der Waals surface area contributed by atoms with Crippen molar-refractivity contribution < 1.29 is 14.6 Å².